The van der Waals surface area contributed by atoms with Crippen LogP contribution in [-0.2, 0) is 4.79 Å². The minimum absolute atomic E-state index is 0.106. The summed E-state index contributed by atoms with van der Waals surface area (Å²) in [6.45, 7) is 6.56. The number of hydrogen-bond donors (Lipinski definition) is 1. The van der Waals surface area contributed by atoms with E-state index in [1.807, 2.05) is 19.0 Å². The normalized spacial score (nSPS) is 20.0. The zero-order chi connectivity index (χ0) is 14.0. The summed E-state index contributed by atoms with van der Waals surface area (Å²) in [6.07, 6.45) is 0. The van der Waals surface area contributed by atoms with Crippen LogP contribution in [0.1, 0.15) is 11.1 Å². The van der Waals surface area contributed by atoms with Gasteiger partial charge in [0.2, 0.25) is 5.91 Å². The SMILES string of the molecule is CNCC1C(=O)N(C)CCN1c1ccc(C)cc1C. The van der Waals surface area contributed by atoms with E-state index >= 15 is 0 Å². The Kier molecular flexibility index (Phi) is 4.10. The second-order valence-electron chi connectivity index (χ2n) is 5.32. The molecule has 1 amide bonds. The number of carbonyl (C=O) groups is 1. The van der Waals surface area contributed by atoms with Crippen LogP contribution in [0.5, 0.6) is 0 Å². The maximum absolute atomic E-state index is 12.3. The Morgan fingerprint density at radius 2 is 2.05 bits per heavy atom. The number of hydrogen-bond acceptors (Lipinski definition) is 3. The summed E-state index contributed by atoms with van der Waals surface area (Å²) in [5.41, 5.74) is 3.66. The van der Waals surface area contributed by atoms with Gasteiger partial charge in [-0.1, -0.05) is 17.7 Å². The lowest BCUT2D eigenvalue weighted by atomic mass is 10.1. The quantitative estimate of drug-likeness (QED) is 0.887. The third-order valence-corrected chi connectivity index (χ3v) is 3.77. The molecule has 0 radical (unpaired) electrons. The zero-order valence-corrected chi connectivity index (χ0v) is 12.2. The van der Waals surface area contributed by atoms with Crippen molar-refractivity contribution < 1.29 is 4.79 Å². The van der Waals surface area contributed by atoms with Gasteiger partial charge in [0.25, 0.3) is 0 Å². The molecule has 0 bridgehead atoms. The Labute approximate surface area is 115 Å². The van der Waals surface area contributed by atoms with E-state index in [1.54, 1.807) is 0 Å². The summed E-state index contributed by atoms with van der Waals surface area (Å²) in [5, 5.41) is 3.13. The molecule has 1 aromatic rings. The molecule has 0 saturated carbocycles. The van der Waals surface area contributed by atoms with E-state index < -0.39 is 0 Å². The molecular weight excluding hydrogens is 238 g/mol. The van der Waals surface area contributed by atoms with Gasteiger partial charge in [-0.15, -0.1) is 0 Å². The van der Waals surface area contributed by atoms with Crippen molar-refractivity contribution in [2.24, 2.45) is 0 Å². The lowest BCUT2D eigenvalue weighted by Crippen LogP contribution is -2.59. The lowest BCUT2D eigenvalue weighted by molar-refractivity contribution is -0.132. The summed E-state index contributed by atoms with van der Waals surface area (Å²) in [5.74, 6) is 0.195. The second-order valence-corrected chi connectivity index (χ2v) is 5.32. The van der Waals surface area contributed by atoms with Gasteiger partial charge in [-0.25, -0.2) is 0 Å². The molecule has 4 heteroatoms. The summed E-state index contributed by atoms with van der Waals surface area (Å²) in [4.78, 5) is 16.4. The van der Waals surface area contributed by atoms with Crippen LogP contribution in [0.2, 0.25) is 0 Å². The standard InChI is InChI=1S/C15H23N3O/c1-11-5-6-13(12(2)9-11)18-8-7-17(4)15(19)14(18)10-16-3/h5-6,9,14,16H,7-8,10H2,1-4H3. The number of rotatable bonds is 3. The fraction of sp³-hybridized carbons (Fsp3) is 0.533. The minimum Gasteiger partial charge on any atom is -0.356 e. The zero-order valence-electron chi connectivity index (χ0n) is 12.2. The first-order chi connectivity index (χ1) is 9.04. The molecule has 1 saturated heterocycles. The van der Waals surface area contributed by atoms with E-state index in [4.69, 9.17) is 0 Å². The predicted molar refractivity (Wildman–Crippen MR) is 78.6 cm³/mol. The second kappa shape index (κ2) is 5.61. The van der Waals surface area contributed by atoms with E-state index in [0.29, 0.717) is 6.54 Å². The van der Waals surface area contributed by atoms with Gasteiger partial charge >= 0.3 is 0 Å². The molecule has 0 aliphatic carbocycles. The summed E-state index contributed by atoms with van der Waals surface area (Å²) >= 11 is 0. The lowest BCUT2D eigenvalue weighted by Gasteiger charge is -2.41. The smallest absolute Gasteiger partial charge is 0.246 e. The number of amides is 1. The number of nitrogens with one attached hydrogen (secondary N) is 1. The van der Waals surface area contributed by atoms with Crippen LogP contribution >= 0.6 is 0 Å². The summed E-state index contributed by atoms with van der Waals surface area (Å²) in [7, 11) is 3.77. The van der Waals surface area contributed by atoms with Crippen molar-refractivity contribution in [1.29, 1.82) is 0 Å². The molecule has 1 N–H and O–H groups in total. The van der Waals surface area contributed by atoms with Crippen molar-refractivity contribution in [3.63, 3.8) is 0 Å². The first-order valence-corrected chi connectivity index (χ1v) is 6.78. The molecular formula is C15H23N3O. The van der Waals surface area contributed by atoms with Crippen molar-refractivity contribution in [3.8, 4) is 0 Å². The summed E-state index contributed by atoms with van der Waals surface area (Å²) in [6, 6.07) is 6.31. The fourth-order valence-electron chi connectivity index (χ4n) is 2.72. The average molecular weight is 261 g/mol. The highest BCUT2D eigenvalue weighted by molar-refractivity contribution is 5.87. The van der Waals surface area contributed by atoms with Crippen molar-refractivity contribution in [3.05, 3.63) is 29.3 Å². The third kappa shape index (κ3) is 2.73. The fourth-order valence-corrected chi connectivity index (χ4v) is 2.72. The highest BCUT2D eigenvalue weighted by Gasteiger charge is 2.33. The Morgan fingerprint density at radius 1 is 1.32 bits per heavy atom. The van der Waals surface area contributed by atoms with Gasteiger partial charge in [0.1, 0.15) is 6.04 Å². The molecule has 4 nitrogen and oxygen atoms in total. The van der Waals surface area contributed by atoms with Crippen molar-refractivity contribution in [2.45, 2.75) is 19.9 Å². The van der Waals surface area contributed by atoms with Crippen molar-refractivity contribution in [2.75, 3.05) is 38.6 Å². The van der Waals surface area contributed by atoms with E-state index in [0.717, 1.165) is 13.1 Å². The highest BCUT2D eigenvalue weighted by Crippen LogP contribution is 2.25. The average Bonchev–Trinajstić information content (AvgIpc) is 2.36. The number of piperazine rings is 1. The van der Waals surface area contributed by atoms with Gasteiger partial charge in [0.15, 0.2) is 0 Å². The summed E-state index contributed by atoms with van der Waals surface area (Å²) < 4.78 is 0. The van der Waals surface area contributed by atoms with Crippen LogP contribution in [0.15, 0.2) is 18.2 Å². The molecule has 104 valence electrons. The van der Waals surface area contributed by atoms with Gasteiger partial charge in [-0.05, 0) is 32.5 Å². The molecule has 1 heterocycles. The Balaban J connectivity index is 2.32. The predicted octanol–water partition coefficient (Wildman–Crippen LogP) is 1.17. The minimum atomic E-state index is -0.106. The first-order valence-electron chi connectivity index (χ1n) is 6.78. The van der Waals surface area contributed by atoms with Gasteiger partial charge in [0.05, 0.1) is 0 Å². The van der Waals surface area contributed by atoms with Crippen LogP contribution < -0.4 is 10.2 Å². The Morgan fingerprint density at radius 3 is 2.68 bits per heavy atom. The van der Waals surface area contributed by atoms with E-state index in [-0.39, 0.29) is 11.9 Å². The van der Waals surface area contributed by atoms with E-state index in [2.05, 4.69) is 42.3 Å². The van der Waals surface area contributed by atoms with Gasteiger partial charge in [-0.2, -0.15) is 0 Å². The molecule has 2 rings (SSSR count). The Bertz CT molecular complexity index is 472. The van der Waals surface area contributed by atoms with Gasteiger partial charge < -0.3 is 15.1 Å². The van der Waals surface area contributed by atoms with Gasteiger partial charge in [0, 0.05) is 32.4 Å². The Hall–Kier alpha value is -1.55. The van der Waals surface area contributed by atoms with Crippen LogP contribution in [0.3, 0.4) is 0 Å². The van der Waals surface area contributed by atoms with Crippen molar-refractivity contribution in [1.82, 2.24) is 10.2 Å². The number of nitrogens with zero attached hydrogens (tertiary/aromatic N) is 2. The first kappa shape index (κ1) is 13.9. The maximum Gasteiger partial charge on any atom is 0.246 e. The highest BCUT2D eigenvalue weighted by atomic mass is 16.2. The third-order valence-electron chi connectivity index (χ3n) is 3.77. The number of anilines is 1. The molecule has 1 unspecified atom stereocenters. The van der Waals surface area contributed by atoms with Crippen LogP contribution in [0.25, 0.3) is 0 Å². The number of carbonyl (C=O) groups excluding carboxylic acids is 1. The van der Waals surface area contributed by atoms with Crippen molar-refractivity contribution >= 4 is 11.6 Å². The largest absolute Gasteiger partial charge is 0.356 e. The monoisotopic (exact) mass is 261 g/mol. The number of likely N-dealkylation sites (N-methyl/N-ethyl adjacent to an activating group) is 2. The molecule has 0 aromatic heterocycles. The van der Waals surface area contributed by atoms with Crippen LogP contribution in [0.4, 0.5) is 5.69 Å². The number of aryl methyl sites for hydroxylation is 2. The van der Waals surface area contributed by atoms with Crippen LogP contribution in [-0.4, -0.2) is 50.6 Å². The number of benzene rings is 1. The molecule has 1 aromatic carbocycles. The molecule has 1 aliphatic heterocycles. The van der Waals surface area contributed by atoms with Crippen LogP contribution in [0, 0.1) is 13.8 Å². The molecule has 19 heavy (non-hydrogen) atoms. The van der Waals surface area contributed by atoms with E-state index in [1.165, 1.54) is 16.8 Å². The molecule has 0 spiro atoms. The topological polar surface area (TPSA) is 35.6 Å². The van der Waals surface area contributed by atoms with Gasteiger partial charge in [-0.3, -0.25) is 4.79 Å². The maximum atomic E-state index is 12.3. The van der Waals surface area contributed by atoms with E-state index in [9.17, 15) is 4.79 Å². The molecule has 1 atom stereocenters. The molecule has 1 aliphatic rings. The molecule has 1 fully saturated rings.